The Labute approximate surface area is 357 Å². The molecular weight excluding hydrogens is 892 g/mol. The first-order chi connectivity index (χ1) is 27.6. The van der Waals surface area contributed by atoms with E-state index in [4.69, 9.17) is 9.72 Å². The zero-order chi connectivity index (χ0) is 39.3. The van der Waals surface area contributed by atoms with Crippen LogP contribution in [0.2, 0.25) is 0 Å². The molecule has 294 valence electrons. The number of rotatable bonds is 9. The summed E-state index contributed by atoms with van der Waals surface area (Å²) in [5.41, 5.74) is 12.9. The molecule has 1 aliphatic rings. The van der Waals surface area contributed by atoms with Crippen molar-refractivity contribution in [2.24, 2.45) is 5.92 Å². The number of aryl methyl sites for hydroxylation is 1. The number of ether oxygens (including phenoxy) is 1. The molecule has 0 atom stereocenters. The molecule has 0 aliphatic carbocycles. The van der Waals surface area contributed by atoms with Gasteiger partial charge in [0.1, 0.15) is 5.82 Å². The third kappa shape index (κ3) is 7.56. The SMILES string of the molecule is Cc1cccc(CN2[CH-]N(c3[c-]c(Oc4[c-]c5c(cc4)c4ccccc4n5-c4cc(CC(C)C)ccn4)ccc3)c3ccccc32)c1-c1ccc(C(C)(C)C)cc1.[Pt]. The van der Waals surface area contributed by atoms with Crippen molar-refractivity contribution in [1.29, 1.82) is 0 Å². The summed E-state index contributed by atoms with van der Waals surface area (Å²) in [6.07, 6.45) is 2.90. The summed E-state index contributed by atoms with van der Waals surface area (Å²) in [4.78, 5) is 9.37. The molecule has 0 radical (unpaired) electrons. The van der Waals surface area contributed by atoms with Crippen LogP contribution in [-0.4, -0.2) is 9.55 Å². The zero-order valence-electron chi connectivity index (χ0n) is 33.9. The molecule has 0 amide bonds. The summed E-state index contributed by atoms with van der Waals surface area (Å²) in [6, 6.07) is 54.4. The van der Waals surface area contributed by atoms with Crippen molar-refractivity contribution in [3.05, 3.63) is 181 Å². The number of aromatic nitrogens is 2. The van der Waals surface area contributed by atoms with Gasteiger partial charge >= 0.3 is 0 Å². The van der Waals surface area contributed by atoms with Gasteiger partial charge in [-0.25, -0.2) is 4.98 Å². The van der Waals surface area contributed by atoms with Gasteiger partial charge in [-0.05, 0) is 93.8 Å². The fraction of sp³-hybridized carbons (Fsp3) is 0.192. The normalized spacial score (nSPS) is 12.7. The maximum Gasteiger partial charge on any atom is 0.135 e. The zero-order valence-corrected chi connectivity index (χ0v) is 36.1. The Morgan fingerprint density at radius 3 is 2.28 bits per heavy atom. The third-order valence-electron chi connectivity index (χ3n) is 10.9. The largest absolute Gasteiger partial charge is 0.509 e. The number of para-hydroxylation sites is 3. The monoisotopic (exact) mass is 938 g/mol. The van der Waals surface area contributed by atoms with E-state index < -0.39 is 0 Å². The number of pyridine rings is 1. The molecule has 0 saturated heterocycles. The molecule has 6 heteroatoms. The van der Waals surface area contributed by atoms with Crippen LogP contribution in [0.15, 0.2) is 140 Å². The summed E-state index contributed by atoms with van der Waals surface area (Å²) >= 11 is 0. The van der Waals surface area contributed by atoms with Gasteiger partial charge in [0.15, 0.2) is 0 Å². The molecule has 58 heavy (non-hydrogen) atoms. The van der Waals surface area contributed by atoms with Crippen LogP contribution in [0.3, 0.4) is 0 Å². The molecule has 0 saturated carbocycles. The average molecular weight is 939 g/mol. The van der Waals surface area contributed by atoms with Crippen LogP contribution in [-0.2, 0) is 39.4 Å². The Morgan fingerprint density at radius 2 is 1.48 bits per heavy atom. The van der Waals surface area contributed by atoms with E-state index in [-0.39, 0.29) is 26.5 Å². The molecule has 9 rings (SSSR count). The van der Waals surface area contributed by atoms with Crippen LogP contribution in [0, 0.1) is 31.6 Å². The van der Waals surface area contributed by atoms with E-state index in [0.29, 0.717) is 17.4 Å². The minimum atomic E-state index is 0. The second kappa shape index (κ2) is 16.0. The Hall–Kier alpha value is -5.64. The minimum Gasteiger partial charge on any atom is -0.509 e. The Morgan fingerprint density at radius 1 is 0.741 bits per heavy atom. The first-order valence-electron chi connectivity index (χ1n) is 19.9. The van der Waals surface area contributed by atoms with Crippen LogP contribution in [0.4, 0.5) is 17.1 Å². The van der Waals surface area contributed by atoms with Crippen LogP contribution in [0.25, 0.3) is 38.8 Å². The molecular formula is C52H47N4OPt-3. The molecule has 0 fully saturated rings. The predicted octanol–water partition coefficient (Wildman–Crippen LogP) is 13.3. The van der Waals surface area contributed by atoms with Crippen molar-refractivity contribution >= 4 is 38.9 Å². The number of nitrogens with zero attached hydrogens (tertiary/aromatic N) is 4. The Kier molecular flexibility index (Phi) is 10.8. The Bertz CT molecular complexity index is 2740. The molecule has 3 heterocycles. The second-order valence-electron chi connectivity index (χ2n) is 16.6. The topological polar surface area (TPSA) is 33.5 Å². The number of anilines is 3. The standard InChI is InChI=1S/C52H47N4O.Pt/c1-35(2)29-37-27-28-53-50(30-37)56-46-18-8-7-17-44(46)45-26-25-43(32-49(45)56)57-42-16-12-15-41(31-42)55-34-54(47-19-9-10-20-48(47)55)33-39-14-11-13-36(3)51(39)38-21-23-40(24-22-38)52(4,5)6;/h7-28,30,34-35H,29,33H2,1-6H3;/q-3;. The van der Waals surface area contributed by atoms with Gasteiger partial charge in [-0.15, -0.1) is 41.4 Å². The summed E-state index contributed by atoms with van der Waals surface area (Å²) in [6.45, 7) is 16.4. The van der Waals surface area contributed by atoms with Crippen LogP contribution < -0.4 is 14.5 Å². The van der Waals surface area contributed by atoms with E-state index in [1.54, 1.807) is 0 Å². The molecule has 5 nitrogen and oxygen atoms in total. The maximum absolute atomic E-state index is 6.57. The average Bonchev–Trinajstić information content (AvgIpc) is 3.73. The van der Waals surface area contributed by atoms with Gasteiger partial charge in [-0.2, -0.15) is 18.8 Å². The van der Waals surface area contributed by atoms with Gasteiger partial charge in [-0.1, -0.05) is 113 Å². The van der Waals surface area contributed by atoms with E-state index >= 15 is 0 Å². The van der Waals surface area contributed by atoms with E-state index in [2.05, 4.69) is 190 Å². The first-order valence-corrected chi connectivity index (χ1v) is 19.9. The number of fused-ring (bicyclic) bond motifs is 4. The number of hydrogen-bond acceptors (Lipinski definition) is 4. The van der Waals surface area contributed by atoms with Gasteiger partial charge in [0, 0.05) is 62.2 Å². The van der Waals surface area contributed by atoms with Gasteiger partial charge in [0.2, 0.25) is 0 Å². The molecule has 2 aromatic heterocycles. The number of hydrogen-bond donors (Lipinski definition) is 0. The minimum absolute atomic E-state index is 0. The summed E-state index contributed by atoms with van der Waals surface area (Å²) in [5.74, 6) is 2.67. The van der Waals surface area contributed by atoms with Crippen molar-refractivity contribution in [1.82, 2.24) is 9.55 Å². The predicted molar refractivity (Wildman–Crippen MR) is 236 cm³/mol. The molecule has 0 bridgehead atoms. The molecule has 8 aromatic rings. The molecule has 0 spiro atoms. The smallest absolute Gasteiger partial charge is 0.135 e. The van der Waals surface area contributed by atoms with Gasteiger partial charge in [0.25, 0.3) is 0 Å². The van der Waals surface area contributed by atoms with Crippen LogP contribution in [0.1, 0.15) is 56.9 Å². The van der Waals surface area contributed by atoms with E-state index in [1.165, 1.54) is 33.4 Å². The number of benzene rings is 6. The Balaban J connectivity index is 0.00000469. The summed E-state index contributed by atoms with van der Waals surface area (Å²) in [5, 5.41) is 2.26. The van der Waals surface area contributed by atoms with E-state index in [1.807, 2.05) is 24.4 Å². The molecule has 6 aromatic carbocycles. The van der Waals surface area contributed by atoms with Gasteiger partial charge in [0.05, 0.1) is 0 Å². The van der Waals surface area contributed by atoms with Crippen molar-refractivity contribution in [3.8, 4) is 28.4 Å². The fourth-order valence-corrected chi connectivity index (χ4v) is 8.19. The quantitative estimate of drug-likeness (QED) is 0.135. The van der Waals surface area contributed by atoms with Crippen molar-refractivity contribution in [2.45, 2.75) is 59.9 Å². The van der Waals surface area contributed by atoms with E-state index in [0.717, 1.165) is 57.7 Å². The second-order valence-corrected chi connectivity index (χ2v) is 16.6. The van der Waals surface area contributed by atoms with Crippen molar-refractivity contribution in [3.63, 3.8) is 0 Å². The van der Waals surface area contributed by atoms with Gasteiger partial charge in [-0.3, -0.25) is 0 Å². The molecule has 0 N–H and O–H groups in total. The fourth-order valence-electron chi connectivity index (χ4n) is 8.19. The first kappa shape index (κ1) is 39.2. The van der Waals surface area contributed by atoms with Crippen LogP contribution >= 0.6 is 0 Å². The summed E-state index contributed by atoms with van der Waals surface area (Å²) < 4.78 is 8.77. The van der Waals surface area contributed by atoms with E-state index in [9.17, 15) is 0 Å². The molecule has 1 aliphatic heterocycles. The van der Waals surface area contributed by atoms with Crippen molar-refractivity contribution in [2.75, 3.05) is 9.80 Å². The van der Waals surface area contributed by atoms with Crippen LogP contribution in [0.5, 0.6) is 11.5 Å². The molecule has 0 unspecified atom stereocenters. The van der Waals surface area contributed by atoms with Gasteiger partial charge < -0.3 is 19.1 Å². The third-order valence-corrected chi connectivity index (χ3v) is 10.9. The van der Waals surface area contributed by atoms with Crippen molar-refractivity contribution < 1.29 is 25.8 Å². The maximum atomic E-state index is 6.57. The summed E-state index contributed by atoms with van der Waals surface area (Å²) in [7, 11) is 0.